The topological polar surface area (TPSA) is 54.7 Å². The van der Waals surface area contributed by atoms with Gasteiger partial charge in [0.15, 0.2) is 15.1 Å². The minimum absolute atomic E-state index is 0.0556. The molecule has 0 bridgehead atoms. The molecule has 5 nitrogen and oxygen atoms in total. The number of hydrogen-bond donors (Lipinski definition) is 0. The molecule has 0 amide bonds. The number of fused-ring (bicyclic) bond motifs is 1. The number of imidazole rings is 1. The zero-order valence-corrected chi connectivity index (χ0v) is 12.4. The molecule has 2 aromatic rings. The average molecular weight is 324 g/mol. The summed E-state index contributed by atoms with van der Waals surface area (Å²) in [5.74, 6) is 1.64. The molecule has 0 atom stereocenters. The summed E-state index contributed by atoms with van der Waals surface area (Å²) in [5, 5.41) is 1.94. The molecule has 0 spiro atoms. The van der Waals surface area contributed by atoms with E-state index in [-0.39, 0.29) is 10.2 Å². The van der Waals surface area contributed by atoms with Gasteiger partial charge in [0.25, 0.3) is 10.0 Å². The minimum Gasteiger partial charge on any atom is -0.279 e. The lowest BCUT2D eigenvalue weighted by Crippen LogP contribution is -2.38. The molecule has 3 rings (SSSR count). The first-order chi connectivity index (χ1) is 8.60. The van der Waals surface area contributed by atoms with E-state index in [4.69, 9.17) is 11.6 Å². The van der Waals surface area contributed by atoms with Crippen LogP contribution in [0.5, 0.6) is 0 Å². The molecule has 1 fully saturated rings. The second-order valence-corrected chi connectivity index (χ2v) is 8.09. The fourth-order valence-corrected chi connectivity index (χ4v) is 5.86. The summed E-state index contributed by atoms with van der Waals surface area (Å²) < 4.78 is 28.1. The fourth-order valence-electron chi connectivity index (χ4n) is 1.88. The van der Waals surface area contributed by atoms with Gasteiger partial charge in [-0.05, 0) is 0 Å². The van der Waals surface area contributed by atoms with Crippen molar-refractivity contribution < 1.29 is 8.42 Å². The Labute approximate surface area is 118 Å². The molecule has 0 saturated carbocycles. The number of nitrogens with zero attached hydrogens (tertiary/aromatic N) is 3. The first kappa shape index (κ1) is 12.7. The van der Waals surface area contributed by atoms with E-state index in [1.54, 1.807) is 27.7 Å². The molecule has 1 saturated heterocycles. The van der Waals surface area contributed by atoms with Gasteiger partial charge >= 0.3 is 0 Å². The fraction of sp³-hybridized carbons (Fsp3) is 0.444. The molecule has 0 aliphatic carbocycles. The first-order valence-electron chi connectivity index (χ1n) is 5.29. The zero-order chi connectivity index (χ0) is 12.8. The van der Waals surface area contributed by atoms with Gasteiger partial charge in [-0.25, -0.2) is 13.4 Å². The number of hydrogen-bond acceptors (Lipinski definition) is 5. The Morgan fingerprint density at radius 1 is 1.33 bits per heavy atom. The van der Waals surface area contributed by atoms with Crippen LogP contribution < -0.4 is 0 Å². The predicted molar refractivity (Wildman–Crippen MR) is 74.2 cm³/mol. The van der Waals surface area contributed by atoms with Crippen LogP contribution in [0.25, 0.3) is 4.96 Å². The first-order valence-corrected chi connectivity index (χ1v) is 9.15. The zero-order valence-electron chi connectivity index (χ0n) is 9.24. The Kier molecular flexibility index (Phi) is 3.31. The van der Waals surface area contributed by atoms with Crippen molar-refractivity contribution in [3.63, 3.8) is 0 Å². The highest BCUT2D eigenvalue weighted by Crippen LogP contribution is 2.29. The molecule has 1 aliphatic heterocycles. The lowest BCUT2D eigenvalue weighted by atomic mass is 10.6. The summed E-state index contributed by atoms with van der Waals surface area (Å²) in [7, 11) is -3.55. The monoisotopic (exact) mass is 323 g/mol. The van der Waals surface area contributed by atoms with Crippen LogP contribution in [0.1, 0.15) is 0 Å². The summed E-state index contributed by atoms with van der Waals surface area (Å²) in [5.41, 5.74) is 0. The predicted octanol–water partition coefficient (Wildman–Crippen LogP) is 1.79. The summed E-state index contributed by atoms with van der Waals surface area (Å²) in [6, 6.07) is 0. The molecule has 2 aromatic heterocycles. The Hall–Kier alpha value is -0.280. The third-order valence-electron chi connectivity index (χ3n) is 2.73. The van der Waals surface area contributed by atoms with Crippen LogP contribution in [0, 0.1) is 0 Å². The van der Waals surface area contributed by atoms with Gasteiger partial charge in [-0.15, -0.1) is 11.3 Å². The van der Waals surface area contributed by atoms with Crippen molar-refractivity contribution in [3.8, 4) is 0 Å². The lowest BCUT2D eigenvalue weighted by molar-refractivity contribution is 0.440. The van der Waals surface area contributed by atoms with Crippen LogP contribution >= 0.6 is 34.7 Å². The van der Waals surface area contributed by atoms with Crippen molar-refractivity contribution in [1.29, 1.82) is 0 Å². The van der Waals surface area contributed by atoms with E-state index >= 15 is 0 Å². The van der Waals surface area contributed by atoms with Gasteiger partial charge < -0.3 is 0 Å². The molecule has 3 heterocycles. The number of rotatable bonds is 2. The quantitative estimate of drug-likeness (QED) is 0.845. The standard InChI is InChI=1S/C9H10ClN3O2S3/c10-7-8(13-3-6-17-9(13)11-7)18(14,15)12-1-4-16-5-2-12/h3,6H,1-2,4-5H2. The number of halogens is 1. The Morgan fingerprint density at radius 2 is 2.06 bits per heavy atom. The maximum absolute atomic E-state index is 12.6. The Balaban J connectivity index is 2.12. The van der Waals surface area contributed by atoms with Crippen LogP contribution in [0.3, 0.4) is 0 Å². The van der Waals surface area contributed by atoms with E-state index in [0.717, 1.165) is 11.5 Å². The molecule has 0 N–H and O–H groups in total. The lowest BCUT2D eigenvalue weighted by Gasteiger charge is -2.25. The molecular weight excluding hydrogens is 314 g/mol. The van der Waals surface area contributed by atoms with Gasteiger partial charge in [-0.1, -0.05) is 11.6 Å². The molecule has 0 aromatic carbocycles. The highest BCUT2D eigenvalue weighted by molar-refractivity contribution is 7.99. The Bertz CT molecular complexity index is 672. The highest BCUT2D eigenvalue weighted by Gasteiger charge is 2.32. The van der Waals surface area contributed by atoms with Gasteiger partial charge in [0.2, 0.25) is 0 Å². The van der Waals surface area contributed by atoms with Crippen molar-refractivity contribution in [3.05, 3.63) is 16.7 Å². The van der Waals surface area contributed by atoms with E-state index in [1.165, 1.54) is 15.6 Å². The van der Waals surface area contributed by atoms with Crippen molar-refractivity contribution in [1.82, 2.24) is 13.7 Å². The maximum Gasteiger partial charge on any atom is 0.262 e. The number of thioether (sulfide) groups is 1. The Morgan fingerprint density at radius 3 is 2.78 bits per heavy atom. The van der Waals surface area contributed by atoms with Crippen LogP contribution in [-0.4, -0.2) is 46.7 Å². The van der Waals surface area contributed by atoms with E-state index in [9.17, 15) is 8.42 Å². The van der Waals surface area contributed by atoms with Crippen molar-refractivity contribution >= 4 is 49.7 Å². The average Bonchev–Trinajstić information content (AvgIpc) is 2.89. The van der Waals surface area contributed by atoms with Crippen LogP contribution in [0.2, 0.25) is 5.15 Å². The van der Waals surface area contributed by atoms with Crippen LogP contribution in [-0.2, 0) is 10.0 Å². The van der Waals surface area contributed by atoms with Crippen molar-refractivity contribution in [2.75, 3.05) is 24.6 Å². The molecule has 9 heteroatoms. The molecule has 18 heavy (non-hydrogen) atoms. The molecular formula is C9H10ClN3O2S3. The van der Waals surface area contributed by atoms with E-state index < -0.39 is 10.0 Å². The minimum atomic E-state index is -3.55. The molecule has 98 valence electrons. The van der Waals surface area contributed by atoms with Crippen LogP contribution in [0.15, 0.2) is 16.6 Å². The summed E-state index contributed by atoms with van der Waals surface area (Å²) in [6.45, 7) is 1.06. The largest absolute Gasteiger partial charge is 0.279 e. The third-order valence-corrected chi connectivity index (χ3v) is 6.73. The van der Waals surface area contributed by atoms with Gasteiger partial charge in [-0.2, -0.15) is 16.1 Å². The van der Waals surface area contributed by atoms with Crippen molar-refractivity contribution in [2.45, 2.75) is 5.03 Å². The summed E-state index contributed by atoms with van der Waals surface area (Å²) in [4.78, 5) is 4.67. The molecule has 0 radical (unpaired) electrons. The van der Waals surface area contributed by atoms with E-state index in [2.05, 4.69) is 4.98 Å². The second-order valence-electron chi connectivity index (χ2n) is 3.78. The normalized spacial score (nSPS) is 18.5. The van der Waals surface area contributed by atoms with E-state index in [0.29, 0.717) is 18.1 Å². The smallest absolute Gasteiger partial charge is 0.262 e. The highest BCUT2D eigenvalue weighted by atomic mass is 35.5. The van der Waals surface area contributed by atoms with Gasteiger partial charge in [0.05, 0.1) is 0 Å². The SMILES string of the molecule is O=S(=O)(c1c(Cl)nc2sccn12)N1CCSCC1. The van der Waals surface area contributed by atoms with E-state index in [1.807, 2.05) is 0 Å². The second kappa shape index (κ2) is 4.68. The van der Waals surface area contributed by atoms with Crippen molar-refractivity contribution in [2.24, 2.45) is 0 Å². The van der Waals surface area contributed by atoms with Gasteiger partial charge in [-0.3, -0.25) is 4.40 Å². The third kappa shape index (κ3) is 1.96. The van der Waals surface area contributed by atoms with Crippen LogP contribution in [0.4, 0.5) is 0 Å². The maximum atomic E-state index is 12.6. The molecule has 1 aliphatic rings. The summed E-state index contributed by atoms with van der Waals surface area (Å²) in [6.07, 6.45) is 1.68. The molecule has 0 unspecified atom stereocenters. The number of aromatic nitrogens is 2. The van der Waals surface area contributed by atoms with Gasteiger partial charge in [0, 0.05) is 36.2 Å². The summed E-state index contributed by atoms with van der Waals surface area (Å²) >= 11 is 9.10. The number of sulfonamides is 1. The van der Waals surface area contributed by atoms with Gasteiger partial charge in [0.1, 0.15) is 0 Å². The number of thiazole rings is 1.